The van der Waals surface area contributed by atoms with Crippen molar-refractivity contribution in [3.8, 4) is 0 Å². The molecule has 1 rings (SSSR count). The van der Waals surface area contributed by atoms with E-state index < -0.39 is 0 Å². The van der Waals surface area contributed by atoms with Gasteiger partial charge in [0.05, 0.1) is 17.2 Å². The second-order valence-electron chi connectivity index (χ2n) is 4.47. The molecule has 1 atom stereocenters. The highest BCUT2D eigenvalue weighted by Crippen LogP contribution is 2.14. The van der Waals surface area contributed by atoms with Gasteiger partial charge in [0.15, 0.2) is 0 Å². The number of nitrogens with zero attached hydrogens (tertiary/aromatic N) is 2. The van der Waals surface area contributed by atoms with Crippen LogP contribution >= 0.6 is 12.2 Å². The highest BCUT2D eigenvalue weighted by molar-refractivity contribution is 7.80. The van der Waals surface area contributed by atoms with Gasteiger partial charge in [-0.05, 0) is 26.0 Å². The Bertz CT molecular complexity index is 462. The Morgan fingerprint density at radius 2 is 2.20 bits per heavy atom. The summed E-state index contributed by atoms with van der Waals surface area (Å²) in [7, 11) is 0. The zero-order chi connectivity index (χ0) is 15.1. The lowest BCUT2D eigenvalue weighted by Crippen LogP contribution is -2.34. The number of anilines is 1. The summed E-state index contributed by atoms with van der Waals surface area (Å²) < 4.78 is 4.92. The van der Waals surface area contributed by atoms with Crippen molar-refractivity contribution < 1.29 is 9.53 Å². The molecule has 20 heavy (non-hydrogen) atoms. The molecule has 0 saturated heterocycles. The lowest BCUT2D eigenvalue weighted by molar-refractivity contribution is 0.0526. The minimum Gasteiger partial charge on any atom is -0.462 e. The quantitative estimate of drug-likeness (QED) is 0.613. The number of hydrogen-bond donors (Lipinski definition) is 1. The fourth-order valence-corrected chi connectivity index (χ4v) is 1.79. The fourth-order valence-electron chi connectivity index (χ4n) is 1.71. The molecule has 0 aliphatic rings. The molecule has 2 N–H and O–H groups in total. The van der Waals surface area contributed by atoms with Crippen molar-refractivity contribution in [2.45, 2.75) is 20.8 Å². The SMILES string of the molecule is CCOC(=O)c1ccc(N(CC)CC(C)C(N)=S)nc1. The monoisotopic (exact) mass is 295 g/mol. The normalized spacial score (nSPS) is 11.8. The molecule has 0 aliphatic carbocycles. The maximum absolute atomic E-state index is 11.6. The standard InChI is InChI=1S/C14H21N3O2S/c1-4-17(9-10(3)13(15)20)12-7-6-11(8-16-12)14(18)19-5-2/h6-8,10H,4-5,9H2,1-3H3,(H2,15,20). The highest BCUT2D eigenvalue weighted by Gasteiger charge is 2.14. The largest absolute Gasteiger partial charge is 0.462 e. The van der Waals surface area contributed by atoms with Crippen LogP contribution in [0.15, 0.2) is 18.3 Å². The van der Waals surface area contributed by atoms with E-state index in [9.17, 15) is 4.79 Å². The molecule has 5 nitrogen and oxygen atoms in total. The van der Waals surface area contributed by atoms with Gasteiger partial charge < -0.3 is 15.4 Å². The molecule has 110 valence electrons. The van der Waals surface area contributed by atoms with Crippen molar-refractivity contribution in [1.29, 1.82) is 0 Å². The van der Waals surface area contributed by atoms with Gasteiger partial charge in [-0.3, -0.25) is 0 Å². The highest BCUT2D eigenvalue weighted by atomic mass is 32.1. The minimum absolute atomic E-state index is 0.108. The summed E-state index contributed by atoms with van der Waals surface area (Å²) in [5.41, 5.74) is 6.09. The molecule has 0 bridgehead atoms. The Hall–Kier alpha value is -1.69. The van der Waals surface area contributed by atoms with Crippen LogP contribution in [0.1, 0.15) is 31.1 Å². The van der Waals surface area contributed by atoms with E-state index in [2.05, 4.69) is 9.88 Å². The maximum atomic E-state index is 11.6. The molecular formula is C14H21N3O2S. The summed E-state index contributed by atoms with van der Waals surface area (Å²) in [6, 6.07) is 3.52. The molecule has 0 radical (unpaired) electrons. The van der Waals surface area contributed by atoms with Crippen LogP contribution in [-0.4, -0.2) is 35.6 Å². The van der Waals surface area contributed by atoms with E-state index in [1.807, 2.05) is 19.9 Å². The predicted octanol–water partition coefficient (Wildman–Crippen LogP) is 2.01. The Kier molecular flexibility index (Phi) is 6.38. The van der Waals surface area contributed by atoms with Crippen LogP contribution in [0.25, 0.3) is 0 Å². The van der Waals surface area contributed by atoms with E-state index in [4.69, 9.17) is 22.7 Å². The maximum Gasteiger partial charge on any atom is 0.339 e. The number of rotatable bonds is 7. The number of esters is 1. The van der Waals surface area contributed by atoms with Crippen molar-refractivity contribution in [1.82, 2.24) is 4.98 Å². The number of nitrogens with two attached hydrogens (primary N) is 1. The number of aromatic nitrogens is 1. The second kappa shape index (κ2) is 7.79. The van der Waals surface area contributed by atoms with Gasteiger partial charge in [0.25, 0.3) is 0 Å². The number of pyridine rings is 1. The summed E-state index contributed by atoms with van der Waals surface area (Å²) in [4.78, 5) is 18.4. The van der Waals surface area contributed by atoms with Crippen molar-refractivity contribution in [3.63, 3.8) is 0 Å². The molecule has 0 aromatic carbocycles. The molecule has 0 amide bonds. The number of thiocarbonyl (C=S) groups is 1. The summed E-state index contributed by atoms with van der Waals surface area (Å²) in [5.74, 6) is 0.547. The van der Waals surface area contributed by atoms with Crippen LogP contribution in [0.3, 0.4) is 0 Å². The third-order valence-electron chi connectivity index (χ3n) is 2.94. The van der Waals surface area contributed by atoms with Gasteiger partial charge in [0.1, 0.15) is 5.82 Å². The van der Waals surface area contributed by atoms with Crippen molar-refractivity contribution in [2.75, 3.05) is 24.6 Å². The molecule has 6 heteroatoms. The van der Waals surface area contributed by atoms with E-state index >= 15 is 0 Å². The van der Waals surface area contributed by atoms with Crippen LogP contribution in [0.4, 0.5) is 5.82 Å². The van der Waals surface area contributed by atoms with Crippen molar-refractivity contribution >= 4 is 29.0 Å². The molecule has 1 unspecified atom stereocenters. The number of hydrogen-bond acceptors (Lipinski definition) is 5. The van der Waals surface area contributed by atoms with E-state index in [1.54, 1.807) is 13.0 Å². The van der Waals surface area contributed by atoms with Crippen LogP contribution in [0, 0.1) is 5.92 Å². The smallest absolute Gasteiger partial charge is 0.339 e. The third-order valence-corrected chi connectivity index (χ3v) is 3.35. The van der Waals surface area contributed by atoms with Crippen LogP contribution in [0.2, 0.25) is 0 Å². The molecule has 1 aromatic rings. The fraction of sp³-hybridized carbons (Fsp3) is 0.500. The zero-order valence-electron chi connectivity index (χ0n) is 12.1. The second-order valence-corrected chi connectivity index (χ2v) is 4.94. The van der Waals surface area contributed by atoms with Gasteiger partial charge in [-0.2, -0.15) is 0 Å². The first-order valence-corrected chi connectivity index (χ1v) is 7.07. The van der Waals surface area contributed by atoms with Gasteiger partial charge in [0.2, 0.25) is 0 Å². The summed E-state index contributed by atoms with van der Waals surface area (Å²) in [6.45, 7) is 7.64. The topological polar surface area (TPSA) is 68.5 Å². The van der Waals surface area contributed by atoms with Crippen LogP contribution in [0.5, 0.6) is 0 Å². The van der Waals surface area contributed by atoms with Gasteiger partial charge in [-0.25, -0.2) is 9.78 Å². The molecule has 0 aliphatic heterocycles. The third kappa shape index (κ3) is 4.45. The average Bonchev–Trinajstić information content (AvgIpc) is 2.44. The predicted molar refractivity (Wildman–Crippen MR) is 84.0 cm³/mol. The van der Waals surface area contributed by atoms with Crippen molar-refractivity contribution in [3.05, 3.63) is 23.9 Å². The molecule has 0 saturated carbocycles. The number of carbonyl (C=O) groups is 1. The van der Waals surface area contributed by atoms with Crippen LogP contribution < -0.4 is 10.6 Å². The Morgan fingerprint density at radius 3 is 2.65 bits per heavy atom. The molecular weight excluding hydrogens is 274 g/mol. The molecule has 1 aromatic heterocycles. The number of carbonyl (C=O) groups excluding carboxylic acids is 1. The first-order chi connectivity index (χ1) is 9.49. The first-order valence-electron chi connectivity index (χ1n) is 6.67. The average molecular weight is 295 g/mol. The Labute approximate surface area is 125 Å². The Morgan fingerprint density at radius 1 is 1.50 bits per heavy atom. The van der Waals surface area contributed by atoms with Gasteiger partial charge in [-0.1, -0.05) is 19.1 Å². The van der Waals surface area contributed by atoms with E-state index in [0.717, 1.165) is 12.4 Å². The van der Waals surface area contributed by atoms with Gasteiger partial charge in [-0.15, -0.1) is 0 Å². The minimum atomic E-state index is -0.355. The molecule has 0 spiro atoms. The van der Waals surface area contributed by atoms with Gasteiger partial charge in [0, 0.05) is 25.2 Å². The van der Waals surface area contributed by atoms with E-state index in [1.165, 1.54) is 6.20 Å². The first kappa shape index (κ1) is 16.4. The Balaban J connectivity index is 2.79. The number of ether oxygens (including phenoxy) is 1. The summed E-state index contributed by atoms with van der Waals surface area (Å²) >= 11 is 4.99. The van der Waals surface area contributed by atoms with Crippen molar-refractivity contribution in [2.24, 2.45) is 11.7 Å². The zero-order valence-corrected chi connectivity index (χ0v) is 12.9. The lowest BCUT2D eigenvalue weighted by atomic mass is 10.1. The van der Waals surface area contributed by atoms with E-state index in [0.29, 0.717) is 23.7 Å². The summed E-state index contributed by atoms with van der Waals surface area (Å²) in [5, 5.41) is 0. The molecule has 0 fully saturated rings. The van der Waals surface area contributed by atoms with E-state index in [-0.39, 0.29) is 11.9 Å². The lowest BCUT2D eigenvalue weighted by Gasteiger charge is -2.25. The summed E-state index contributed by atoms with van der Waals surface area (Å²) in [6.07, 6.45) is 1.53. The molecule has 1 heterocycles. The van der Waals surface area contributed by atoms with Gasteiger partial charge >= 0.3 is 5.97 Å². The van der Waals surface area contributed by atoms with Crippen LogP contribution in [-0.2, 0) is 4.74 Å².